The Balaban J connectivity index is 0.00000161. The lowest BCUT2D eigenvalue weighted by atomic mass is 9.74. The van der Waals surface area contributed by atoms with Crippen LogP contribution in [0, 0.1) is 17.2 Å². The first-order valence-corrected chi connectivity index (χ1v) is 7.28. The fourth-order valence-corrected chi connectivity index (χ4v) is 4.10. The van der Waals surface area contributed by atoms with E-state index in [1.165, 1.54) is 31.4 Å². The average molecular weight is 312 g/mol. The predicted octanol–water partition coefficient (Wildman–Crippen LogP) is 4.09. The molecule has 0 saturated heterocycles. The zero-order valence-electron chi connectivity index (χ0n) is 12.8. The first-order chi connectivity index (χ1) is 9.39. The van der Waals surface area contributed by atoms with Crippen LogP contribution < -0.4 is 0 Å². The van der Waals surface area contributed by atoms with Crippen LogP contribution in [0.25, 0.3) is 5.57 Å². The highest BCUT2D eigenvalue weighted by Gasteiger charge is 2.44. The minimum Gasteiger partial charge on any atom is -0.508 e. The number of allylic oxidation sites excluding steroid dienone is 1. The van der Waals surface area contributed by atoms with E-state index in [9.17, 15) is 9.50 Å². The molecule has 0 aromatic heterocycles. The summed E-state index contributed by atoms with van der Waals surface area (Å²) < 4.78 is 14.2. The molecule has 2 aliphatic rings. The monoisotopic (exact) mass is 311 g/mol. The smallest absolute Gasteiger partial charge is 0.131 e. The molecule has 3 rings (SSSR count). The van der Waals surface area contributed by atoms with E-state index in [1.807, 2.05) is 0 Å². The van der Waals surface area contributed by atoms with Gasteiger partial charge in [-0.1, -0.05) is 13.0 Å². The summed E-state index contributed by atoms with van der Waals surface area (Å²) in [7, 11) is 4.11. The molecule has 1 aromatic rings. The van der Waals surface area contributed by atoms with E-state index >= 15 is 0 Å². The van der Waals surface area contributed by atoms with Crippen LogP contribution in [0.3, 0.4) is 0 Å². The molecule has 0 spiro atoms. The summed E-state index contributed by atoms with van der Waals surface area (Å²) in [4.78, 5) is 2.19. The van der Waals surface area contributed by atoms with Crippen molar-refractivity contribution in [3.8, 4) is 5.75 Å². The second-order valence-electron chi connectivity index (χ2n) is 6.83. The maximum Gasteiger partial charge on any atom is 0.131 e. The number of likely N-dealkylation sites (N-methyl/N-ethyl adjacent to an activating group) is 1. The van der Waals surface area contributed by atoms with Crippen LogP contribution >= 0.6 is 12.4 Å². The van der Waals surface area contributed by atoms with Crippen LogP contribution in [-0.2, 0) is 0 Å². The highest BCUT2D eigenvalue weighted by atomic mass is 35.5. The van der Waals surface area contributed by atoms with E-state index in [1.54, 1.807) is 6.07 Å². The molecule has 116 valence electrons. The number of fused-ring (bicyclic) bond motifs is 2. The van der Waals surface area contributed by atoms with Crippen LogP contribution in [0.5, 0.6) is 5.75 Å². The van der Waals surface area contributed by atoms with Gasteiger partial charge in [-0.25, -0.2) is 4.39 Å². The molecule has 0 aliphatic heterocycles. The Labute approximate surface area is 132 Å². The van der Waals surface area contributed by atoms with Crippen LogP contribution in [0.4, 0.5) is 4.39 Å². The van der Waals surface area contributed by atoms with Crippen molar-refractivity contribution in [3.05, 3.63) is 35.7 Å². The van der Waals surface area contributed by atoms with E-state index in [0.717, 1.165) is 5.57 Å². The van der Waals surface area contributed by atoms with Gasteiger partial charge in [-0.3, -0.25) is 0 Å². The van der Waals surface area contributed by atoms with Gasteiger partial charge in [0.15, 0.2) is 0 Å². The lowest BCUT2D eigenvalue weighted by Crippen LogP contribution is -2.38. The van der Waals surface area contributed by atoms with Crippen LogP contribution in [-0.4, -0.2) is 30.1 Å². The van der Waals surface area contributed by atoms with Crippen molar-refractivity contribution in [1.29, 1.82) is 0 Å². The van der Waals surface area contributed by atoms with Crippen molar-refractivity contribution >= 4 is 18.0 Å². The van der Waals surface area contributed by atoms with E-state index in [4.69, 9.17) is 0 Å². The standard InChI is InChI=1S/C17H22FNO.ClH/c1-17-7-6-11(9-17)16(19(2)3)14(10-17)13-8-12(20)4-5-15(13)18;/h4-5,8,10-11,16,20H,6-7,9H2,1-3H3;1H. The number of hydrogen-bond acceptors (Lipinski definition) is 2. The summed E-state index contributed by atoms with van der Waals surface area (Å²) in [5, 5.41) is 9.70. The van der Waals surface area contributed by atoms with Gasteiger partial charge in [-0.2, -0.15) is 0 Å². The van der Waals surface area contributed by atoms with Crippen LogP contribution in [0.2, 0.25) is 0 Å². The molecule has 0 radical (unpaired) electrons. The maximum absolute atomic E-state index is 14.2. The van der Waals surface area contributed by atoms with E-state index in [-0.39, 0.29) is 35.4 Å². The van der Waals surface area contributed by atoms with Crippen LogP contribution in [0.1, 0.15) is 31.7 Å². The number of nitrogens with zero attached hydrogens (tertiary/aromatic N) is 1. The summed E-state index contributed by atoms with van der Waals surface area (Å²) in [5.74, 6) is 0.463. The molecule has 1 aromatic carbocycles. The second-order valence-corrected chi connectivity index (χ2v) is 6.83. The number of benzene rings is 1. The molecule has 4 heteroatoms. The fraction of sp³-hybridized carbons (Fsp3) is 0.529. The van der Waals surface area contributed by atoms with Crippen molar-refractivity contribution in [3.63, 3.8) is 0 Å². The second kappa shape index (κ2) is 5.62. The van der Waals surface area contributed by atoms with Gasteiger partial charge in [0.2, 0.25) is 0 Å². The molecule has 21 heavy (non-hydrogen) atoms. The minimum absolute atomic E-state index is 0. The van der Waals surface area contributed by atoms with Crippen molar-refractivity contribution in [2.45, 2.75) is 32.2 Å². The molecule has 1 fully saturated rings. The van der Waals surface area contributed by atoms with Crippen molar-refractivity contribution in [1.82, 2.24) is 4.90 Å². The Bertz CT molecular complexity index is 572. The Morgan fingerprint density at radius 1 is 1.33 bits per heavy atom. The van der Waals surface area contributed by atoms with Gasteiger partial charge in [0, 0.05) is 11.6 Å². The van der Waals surface area contributed by atoms with Gasteiger partial charge < -0.3 is 10.0 Å². The molecule has 2 bridgehead atoms. The molecular formula is C17H23ClFNO. The minimum atomic E-state index is -0.245. The third-order valence-corrected chi connectivity index (χ3v) is 4.90. The Hall–Kier alpha value is -1.06. The number of aromatic hydroxyl groups is 1. The first-order valence-electron chi connectivity index (χ1n) is 7.28. The largest absolute Gasteiger partial charge is 0.508 e. The number of halogens is 2. The molecule has 1 saturated carbocycles. The molecule has 0 heterocycles. The topological polar surface area (TPSA) is 23.5 Å². The summed E-state index contributed by atoms with van der Waals surface area (Å²) in [6.07, 6.45) is 5.80. The van der Waals surface area contributed by atoms with Gasteiger partial charge in [-0.05, 0) is 68.5 Å². The van der Waals surface area contributed by atoms with Crippen molar-refractivity contribution < 1.29 is 9.50 Å². The van der Waals surface area contributed by atoms with Gasteiger partial charge >= 0.3 is 0 Å². The highest BCUT2D eigenvalue weighted by molar-refractivity contribution is 5.85. The van der Waals surface area contributed by atoms with Crippen LogP contribution in [0.15, 0.2) is 24.3 Å². The summed E-state index contributed by atoms with van der Waals surface area (Å²) >= 11 is 0. The van der Waals surface area contributed by atoms with Crippen molar-refractivity contribution in [2.75, 3.05) is 14.1 Å². The fourth-order valence-electron chi connectivity index (χ4n) is 4.10. The molecule has 2 aliphatic carbocycles. The number of phenols is 1. The summed E-state index contributed by atoms with van der Waals surface area (Å²) in [6.45, 7) is 2.26. The molecule has 1 N–H and O–H groups in total. The number of phenolic OH excluding ortho intramolecular Hbond substituents is 1. The molecule has 3 atom stereocenters. The quantitative estimate of drug-likeness (QED) is 0.889. The lowest BCUT2D eigenvalue weighted by Gasteiger charge is -2.38. The third kappa shape index (κ3) is 2.82. The normalized spacial score (nSPS) is 31.0. The van der Waals surface area contributed by atoms with Gasteiger partial charge in [-0.15, -0.1) is 12.4 Å². The maximum atomic E-state index is 14.2. The summed E-state index contributed by atoms with van der Waals surface area (Å²) in [6, 6.07) is 4.56. The molecule has 0 amide bonds. The molecule has 2 nitrogen and oxygen atoms in total. The van der Waals surface area contributed by atoms with Gasteiger partial charge in [0.25, 0.3) is 0 Å². The molecular weight excluding hydrogens is 289 g/mol. The zero-order chi connectivity index (χ0) is 14.5. The predicted molar refractivity (Wildman–Crippen MR) is 86.2 cm³/mol. The third-order valence-electron chi connectivity index (χ3n) is 4.90. The lowest BCUT2D eigenvalue weighted by molar-refractivity contribution is 0.242. The zero-order valence-corrected chi connectivity index (χ0v) is 13.6. The Kier molecular flexibility index (Phi) is 4.36. The van der Waals surface area contributed by atoms with Gasteiger partial charge in [0.1, 0.15) is 11.6 Å². The Morgan fingerprint density at radius 2 is 2.05 bits per heavy atom. The number of rotatable bonds is 2. The SMILES string of the molecule is CN(C)C1C(c2cc(O)ccc2F)=CC2(C)CCC1C2.Cl. The average Bonchev–Trinajstić information content (AvgIpc) is 2.67. The highest BCUT2D eigenvalue weighted by Crippen LogP contribution is 2.53. The van der Waals surface area contributed by atoms with E-state index in [2.05, 4.69) is 32.0 Å². The number of hydrogen-bond donors (Lipinski definition) is 1. The first kappa shape index (κ1) is 16.3. The van der Waals surface area contributed by atoms with E-state index in [0.29, 0.717) is 11.5 Å². The Morgan fingerprint density at radius 3 is 2.71 bits per heavy atom. The van der Waals surface area contributed by atoms with Crippen molar-refractivity contribution in [2.24, 2.45) is 11.3 Å². The summed E-state index contributed by atoms with van der Waals surface area (Å²) in [5.41, 5.74) is 1.78. The molecule has 3 unspecified atom stereocenters. The van der Waals surface area contributed by atoms with E-state index < -0.39 is 0 Å². The van der Waals surface area contributed by atoms with Gasteiger partial charge in [0.05, 0.1) is 0 Å².